The Morgan fingerprint density at radius 1 is 1.33 bits per heavy atom. The number of nitro groups is 1. The second-order valence-electron chi connectivity index (χ2n) is 4.92. The van der Waals surface area contributed by atoms with E-state index < -0.39 is 10.9 Å². The number of carbonyl (C=O) groups is 1. The van der Waals surface area contributed by atoms with Gasteiger partial charge in [0.05, 0.1) is 4.92 Å². The molecule has 18 heavy (non-hydrogen) atoms. The Morgan fingerprint density at radius 3 is 2.17 bits per heavy atom. The van der Waals surface area contributed by atoms with Crippen LogP contribution in [0.15, 0.2) is 24.3 Å². The lowest BCUT2D eigenvalue weighted by Gasteiger charge is -2.36. The van der Waals surface area contributed by atoms with E-state index >= 15 is 0 Å². The highest BCUT2D eigenvalue weighted by atomic mass is 16.6. The fourth-order valence-corrected chi connectivity index (χ4v) is 1.61. The topological polar surface area (TPSA) is 83.7 Å². The molecule has 1 aromatic carbocycles. The van der Waals surface area contributed by atoms with Gasteiger partial charge in [-0.2, -0.15) is 0 Å². The van der Waals surface area contributed by atoms with Gasteiger partial charge in [0.1, 0.15) is 6.54 Å². The van der Waals surface area contributed by atoms with Crippen molar-refractivity contribution < 1.29 is 14.8 Å². The van der Waals surface area contributed by atoms with Crippen LogP contribution in [0.1, 0.15) is 20.8 Å². The molecular weight excluding hydrogens is 236 g/mol. The predicted molar refractivity (Wildman–Crippen MR) is 67.8 cm³/mol. The van der Waals surface area contributed by atoms with E-state index in [-0.39, 0.29) is 17.8 Å². The average molecular weight is 252 g/mol. The van der Waals surface area contributed by atoms with Crippen molar-refractivity contribution in [3.63, 3.8) is 0 Å². The van der Waals surface area contributed by atoms with Crippen molar-refractivity contribution in [1.29, 1.82) is 0 Å². The molecule has 0 saturated heterocycles. The van der Waals surface area contributed by atoms with Crippen molar-refractivity contribution in [2.24, 2.45) is 0 Å². The van der Waals surface area contributed by atoms with Crippen molar-refractivity contribution in [3.05, 3.63) is 34.4 Å². The van der Waals surface area contributed by atoms with Crippen molar-refractivity contribution >= 4 is 17.3 Å². The molecule has 0 fully saturated rings. The van der Waals surface area contributed by atoms with E-state index in [4.69, 9.17) is 5.11 Å². The summed E-state index contributed by atoms with van der Waals surface area (Å²) in [5.74, 6) is -0.941. The average Bonchev–Trinajstić information content (AvgIpc) is 2.24. The lowest BCUT2D eigenvalue weighted by molar-refractivity contribution is -0.384. The quantitative estimate of drug-likeness (QED) is 0.656. The first kappa shape index (κ1) is 14.0. The van der Waals surface area contributed by atoms with Gasteiger partial charge in [0.15, 0.2) is 0 Å². The normalized spacial score (nSPS) is 11.1. The molecule has 0 heterocycles. The zero-order chi connectivity index (χ0) is 13.9. The van der Waals surface area contributed by atoms with Gasteiger partial charge in [0, 0.05) is 23.4 Å². The Hall–Kier alpha value is -2.11. The molecule has 0 spiro atoms. The summed E-state index contributed by atoms with van der Waals surface area (Å²) >= 11 is 0. The van der Waals surface area contributed by atoms with Crippen LogP contribution in [0.5, 0.6) is 0 Å². The third-order valence-corrected chi connectivity index (χ3v) is 2.48. The molecule has 6 nitrogen and oxygen atoms in total. The van der Waals surface area contributed by atoms with Gasteiger partial charge in [-0.05, 0) is 32.9 Å². The largest absolute Gasteiger partial charge is 0.480 e. The van der Waals surface area contributed by atoms with E-state index in [0.29, 0.717) is 5.69 Å². The minimum absolute atomic E-state index is 0.0112. The molecule has 0 radical (unpaired) electrons. The van der Waals surface area contributed by atoms with Gasteiger partial charge in [-0.15, -0.1) is 0 Å². The predicted octanol–water partition coefficient (Wildman–Crippen LogP) is 2.28. The third kappa shape index (κ3) is 3.44. The monoisotopic (exact) mass is 252 g/mol. The number of carboxylic acids is 1. The minimum Gasteiger partial charge on any atom is -0.480 e. The van der Waals surface area contributed by atoms with Gasteiger partial charge in [0.2, 0.25) is 0 Å². The summed E-state index contributed by atoms with van der Waals surface area (Å²) in [7, 11) is 0. The van der Waals surface area contributed by atoms with E-state index in [2.05, 4.69) is 0 Å². The van der Waals surface area contributed by atoms with Crippen molar-refractivity contribution in [2.75, 3.05) is 11.4 Å². The molecule has 1 N–H and O–H groups in total. The minimum atomic E-state index is -0.941. The summed E-state index contributed by atoms with van der Waals surface area (Å²) < 4.78 is 0. The van der Waals surface area contributed by atoms with Crippen LogP contribution in [0.25, 0.3) is 0 Å². The Morgan fingerprint density at radius 2 is 1.83 bits per heavy atom. The van der Waals surface area contributed by atoms with Crippen LogP contribution < -0.4 is 4.90 Å². The highest BCUT2D eigenvalue weighted by molar-refractivity contribution is 5.74. The van der Waals surface area contributed by atoms with Gasteiger partial charge >= 0.3 is 5.97 Å². The van der Waals surface area contributed by atoms with Crippen molar-refractivity contribution in [3.8, 4) is 0 Å². The molecule has 0 bridgehead atoms. The number of benzene rings is 1. The summed E-state index contributed by atoms with van der Waals surface area (Å²) in [6.07, 6.45) is 0. The number of hydrogen-bond donors (Lipinski definition) is 1. The number of rotatable bonds is 4. The number of aliphatic carboxylic acids is 1. The van der Waals surface area contributed by atoms with E-state index in [1.54, 1.807) is 17.0 Å². The number of hydrogen-bond acceptors (Lipinski definition) is 4. The standard InChI is InChI=1S/C12H16N2O4/c1-12(2,3)13(8-11(15)16)9-4-6-10(7-5-9)14(17)18/h4-7H,8H2,1-3H3,(H,15,16). The first-order valence-electron chi connectivity index (χ1n) is 5.45. The van der Waals surface area contributed by atoms with Crippen LogP contribution in [0.2, 0.25) is 0 Å². The molecule has 98 valence electrons. The molecule has 0 aliphatic carbocycles. The molecule has 0 aromatic heterocycles. The van der Waals surface area contributed by atoms with E-state index in [0.717, 1.165) is 0 Å². The fourth-order valence-electron chi connectivity index (χ4n) is 1.61. The molecule has 0 aliphatic heterocycles. The Kier molecular flexibility index (Phi) is 3.90. The third-order valence-electron chi connectivity index (χ3n) is 2.48. The molecule has 0 aliphatic rings. The molecular formula is C12H16N2O4. The second-order valence-corrected chi connectivity index (χ2v) is 4.92. The van der Waals surface area contributed by atoms with Crippen LogP contribution in [-0.4, -0.2) is 28.1 Å². The van der Waals surface area contributed by atoms with Gasteiger partial charge in [0.25, 0.3) is 5.69 Å². The lowest BCUT2D eigenvalue weighted by atomic mass is 10.0. The zero-order valence-corrected chi connectivity index (χ0v) is 10.6. The van der Waals surface area contributed by atoms with Gasteiger partial charge in [-0.1, -0.05) is 0 Å². The number of nitro benzene ring substituents is 1. The molecule has 0 amide bonds. The second kappa shape index (κ2) is 5.03. The van der Waals surface area contributed by atoms with Crippen LogP contribution >= 0.6 is 0 Å². The number of carboxylic acid groups (broad SMARTS) is 1. The van der Waals surface area contributed by atoms with Crippen LogP contribution in [0, 0.1) is 10.1 Å². The van der Waals surface area contributed by atoms with Gasteiger partial charge in [-0.3, -0.25) is 14.9 Å². The lowest BCUT2D eigenvalue weighted by Crippen LogP contribution is -2.44. The fraction of sp³-hybridized carbons (Fsp3) is 0.417. The Bertz CT molecular complexity index is 448. The summed E-state index contributed by atoms with van der Waals surface area (Å²) in [6, 6.07) is 5.87. The highest BCUT2D eigenvalue weighted by Gasteiger charge is 2.24. The van der Waals surface area contributed by atoms with Gasteiger partial charge in [-0.25, -0.2) is 0 Å². The van der Waals surface area contributed by atoms with Crippen LogP contribution in [-0.2, 0) is 4.79 Å². The van der Waals surface area contributed by atoms with E-state index in [9.17, 15) is 14.9 Å². The molecule has 1 rings (SSSR count). The van der Waals surface area contributed by atoms with Crippen molar-refractivity contribution in [2.45, 2.75) is 26.3 Å². The SMILES string of the molecule is CC(C)(C)N(CC(=O)O)c1ccc([N+](=O)[O-])cc1. The van der Waals surface area contributed by atoms with Gasteiger partial charge < -0.3 is 10.0 Å². The number of anilines is 1. The summed E-state index contributed by atoms with van der Waals surface area (Å²) in [5, 5.41) is 19.5. The first-order valence-corrected chi connectivity index (χ1v) is 5.45. The molecule has 6 heteroatoms. The summed E-state index contributed by atoms with van der Waals surface area (Å²) in [4.78, 5) is 22.6. The van der Waals surface area contributed by atoms with E-state index in [1.165, 1.54) is 12.1 Å². The Balaban J connectivity index is 3.06. The molecule has 1 aromatic rings. The maximum atomic E-state index is 10.9. The molecule has 0 unspecified atom stereocenters. The summed E-state index contributed by atoms with van der Waals surface area (Å²) in [6.45, 7) is 5.51. The smallest absolute Gasteiger partial charge is 0.323 e. The maximum absolute atomic E-state index is 10.9. The number of nitrogens with zero attached hydrogens (tertiary/aromatic N) is 2. The highest BCUT2D eigenvalue weighted by Crippen LogP contribution is 2.25. The molecule has 0 saturated carbocycles. The van der Waals surface area contributed by atoms with E-state index in [1.807, 2.05) is 20.8 Å². The summed E-state index contributed by atoms with van der Waals surface area (Å²) in [5.41, 5.74) is 0.257. The zero-order valence-electron chi connectivity index (χ0n) is 10.6. The first-order chi connectivity index (χ1) is 8.21. The molecule has 0 atom stereocenters. The number of non-ortho nitro benzene ring substituents is 1. The van der Waals surface area contributed by atoms with Crippen LogP contribution in [0.3, 0.4) is 0 Å². The Labute approximate surface area is 105 Å². The van der Waals surface area contributed by atoms with Crippen LogP contribution in [0.4, 0.5) is 11.4 Å². The maximum Gasteiger partial charge on any atom is 0.323 e. The van der Waals surface area contributed by atoms with Crippen molar-refractivity contribution in [1.82, 2.24) is 0 Å².